The highest BCUT2D eigenvalue weighted by Crippen LogP contribution is 2.18. The van der Waals surface area contributed by atoms with E-state index in [9.17, 15) is 18.0 Å². The van der Waals surface area contributed by atoms with Gasteiger partial charge in [0.25, 0.3) is 5.56 Å². The summed E-state index contributed by atoms with van der Waals surface area (Å²) in [6, 6.07) is 4.03. The van der Waals surface area contributed by atoms with Crippen molar-refractivity contribution in [3.8, 4) is 17.3 Å². The van der Waals surface area contributed by atoms with Crippen LogP contribution in [0.15, 0.2) is 39.9 Å². The van der Waals surface area contributed by atoms with Gasteiger partial charge < -0.3 is 9.26 Å². The van der Waals surface area contributed by atoms with E-state index in [2.05, 4.69) is 25.0 Å². The van der Waals surface area contributed by atoms with E-state index >= 15 is 0 Å². The van der Waals surface area contributed by atoms with Gasteiger partial charge >= 0.3 is 12.2 Å². The number of halogens is 3. The molecule has 0 fully saturated rings. The van der Waals surface area contributed by atoms with Crippen LogP contribution in [0.5, 0.6) is 6.01 Å². The van der Waals surface area contributed by atoms with Crippen molar-refractivity contribution in [1.29, 1.82) is 0 Å². The summed E-state index contributed by atoms with van der Waals surface area (Å²) in [7, 11) is 0. The molecule has 136 valence electrons. The molecule has 0 aliphatic rings. The summed E-state index contributed by atoms with van der Waals surface area (Å²) in [5.74, 6) is 0.460. The summed E-state index contributed by atoms with van der Waals surface area (Å²) < 4.78 is 47.0. The zero-order valence-corrected chi connectivity index (χ0v) is 13.4. The van der Waals surface area contributed by atoms with E-state index in [-0.39, 0.29) is 12.1 Å². The summed E-state index contributed by atoms with van der Waals surface area (Å²) in [6.07, 6.45) is -1.96. The second-order valence-electron chi connectivity index (χ2n) is 5.31. The van der Waals surface area contributed by atoms with Crippen molar-refractivity contribution in [3.63, 3.8) is 0 Å². The molecule has 3 aromatic heterocycles. The van der Waals surface area contributed by atoms with Crippen LogP contribution in [-0.2, 0) is 6.54 Å². The molecule has 0 aliphatic carbocycles. The van der Waals surface area contributed by atoms with Gasteiger partial charge in [-0.05, 0) is 13.0 Å². The average Bonchev–Trinajstić information content (AvgIpc) is 3.00. The first kappa shape index (κ1) is 17.6. The summed E-state index contributed by atoms with van der Waals surface area (Å²) in [5, 5.41) is 7.91. The lowest BCUT2D eigenvalue weighted by Gasteiger charge is -2.08. The molecule has 0 saturated heterocycles. The minimum Gasteiger partial charge on any atom is -0.454 e. The second kappa shape index (κ2) is 6.94. The molecular formula is C15H12F3N5O3. The average molecular weight is 367 g/mol. The molecule has 0 amide bonds. The first-order valence-electron chi connectivity index (χ1n) is 7.32. The number of rotatable bonds is 5. The van der Waals surface area contributed by atoms with Crippen molar-refractivity contribution in [2.75, 3.05) is 6.61 Å². The first-order chi connectivity index (χ1) is 12.3. The Morgan fingerprint density at radius 2 is 1.96 bits per heavy atom. The van der Waals surface area contributed by atoms with E-state index in [1.165, 1.54) is 29.2 Å². The standard InChI is InChI=1S/C15H12F3N5O3/c1-9-4-11(26-22-9)7-23-13(24)3-2-12(21-23)10-5-19-14(20-6-10)25-8-15(16,17)18/h2-6H,7-8H2,1H3. The molecule has 0 aliphatic heterocycles. The summed E-state index contributed by atoms with van der Waals surface area (Å²) in [5.41, 5.74) is 1.09. The van der Waals surface area contributed by atoms with Crippen molar-refractivity contribution < 1.29 is 22.4 Å². The predicted octanol–water partition coefficient (Wildman–Crippen LogP) is 1.99. The Hall–Kier alpha value is -3.24. The molecule has 0 unspecified atom stereocenters. The highest BCUT2D eigenvalue weighted by Gasteiger charge is 2.28. The van der Waals surface area contributed by atoms with E-state index in [0.29, 0.717) is 22.7 Å². The largest absolute Gasteiger partial charge is 0.454 e. The molecule has 3 heterocycles. The monoisotopic (exact) mass is 367 g/mol. The Morgan fingerprint density at radius 3 is 2.58 bits per heavy atom. The first-order valence-corrected chi connectivity index (χ1v) is 7.32. The number of hydrogen-bond donors (Lipinski definition) is 0. The predicted molar refractivity (Wildman–Crippen MR) is 81.4 cm³/mol. The van der Waals surface area contributed by atoms with Gasteiger partial charge in [-0.25, -0.2) is 14.6 Å². The zero-order chi connectivity index (χ0) is 18.7. The van der Waals surface area contributed by atoms with Crippen LogP contribution in [0.1, 0.15) is 11.5 Å². The van der Waals surface area contributed by atoms with Crippen LogP contribution in [0.2, 0.25) is 0 Å². The van der Waals surface area contributed by atoms with E-state index in [1.807, 2.05) is 0 Å². The number of hydrogen-bond acceptors (Lipinski definition) is 7. The van der Waals surface area contributed by atoms with Gasteiger partial charge in [0.1, 0.15) is 6.54 Å². The number of aromatic nitrogens is 5. The normalized spacial score (nSPS) is 11.5. The molecule has 0 radical (unpaired) electrons. The van der Waals surface area contributed by atoms with Crippen LogP contribution in [0, 0.1) is 6.92 Å². The molecule has 0 atom stereocenters. The minimum atomic E-state index is -4.47. The lowest BCUT2D eigenvalue weighted by molar-refractivity contribution is -0.154. The van der Waals surface area contributed by atoms with Crippen LogP contribution >= 0.6 is 0 Å². The fourth-order valence-corrected chi connectivity index (χ4v) is 2.02. The van der Waals surface area contributed by atoms with E-state index < -0.39 is 18.8 Å². The molecule has 3 aromatic rings. The van der Waals surface area contributed by atoms with Crippen LogP contribution in [0.4, 0.5) is 13.2 Å². The molecule has 3 rings (SSSR count). The van der Waals surface area contributed by atoms with E-state index in [4.69, 9.17) is 4.52 Å². The Labute approximate surface area is 144 Å². The molecule has 26 heavy (non-hydrogen) atoms. The van der Waals surface area contributed by atoms with Crippen molar-refractivity contribution in [2.45, 2.75) is 19.6 Å². The molecule has 0 N–H and O–H groups in total. The van der Waals surface area contributed by atoms with Crippen molar-refractivity contribution >= 4 is 0 Å². The topological polar surface area (TPSA) is 95.9 Å². The Bertz CT molecular complexity index is 950. The van der Waals surface area contributed by atoms with E-state index in [0.717, 1.165) is 0 Å². The number of aryl methyl sites for hydroxylation is 1. The lowest BCUT2D eigenvalue weighted by atomic mass is 10.2. The van der Waals surface area contributed by atoms with Gasteiger partial charge in [-0.15, -0.1) is 0 Å². The van der Waals surface area contributed by atoms with Gasteiger partial charge in [0.05, 0.1) is 11.4 Å². The second-order valence-corrected chi connectivity index (χ2v) is 5.31. The SMILES string of the molecule is Cc1cc(Cn2nc(-c3cnc(OCC(F)(F)F)nc3)ccc2=O)on1. The highest BCUT2D eigenvalue weighted by atomic mass is 19.4. The molecule has 0 saturated carbocycles. The van der Waals surface area contributed by atoms with Crippen molar-refractivity contribution in [3.05, 3.63) is 52.4 Å². The maximum atomic E-state index is 12.1. The zero-order valence-electron chi connectivity index (χ0n) is 13.4. The molecule has 0 bridgehead atoms. The fraction of sp³-hybridized carbons (Fsp3) is 0.267. The summed E-state index contributed by atoms with van der Waals surface area (Å²) in [6.45, 7) is 0.354. The molecule has 0 aromatic carbocycles. The third-order valence-corrected chi connectivity index (χ3v) is 3.14. The van der Waals surface area contributed by atoms with Crippen molar-refractivity contribution in [1.82, 2.24) is 24.9 Å². The number of nitrogens with zero attached hydrogens (tertiary/aromatic N) is 5. The molecule has 11 heteroatoms. The minimum absolute atomic E-state index is 0.0845. The number of ether oxygens (including phenoxy) is 1. The van der Waals surface area contributed by atoms with Gasteiger partial charge in [0.15, 0.2) is 12.4 Å². The lowest BCUT2D eigenvalue weighted by Crippen LogP contribution is -2.22. The molecular weight excluding hydrogens is 355 g/mol. The molecule has 0 spiro atoms. The smallest absolute Gasteiger partial charge is 0.422 e. The van der Waals surface area contributed by atoms with E-state index in [1.54, 1.807) is 13.0 Å². The van der Waals surface area contributed by atoms with Crippen LogP contribution in [0.3, 0.4) is 0 Å². The van der Waals surface area contributed by atoms with Crippen LogP contribution < -0.4 is 10.3 Å². The summed E-state index contributed by atoms with van der Waals surface area (Å²) >= 11 is 0. The van der Waals surface area contributed by atoms with Gasteiger partial charge in [-0.2, -0.15) is 18.3 Å². The Kier molecular flexibility index (Phi) is 4.69. The van der Waals surface area contributed by atoms with Gasteiger partial charge in [0.2, 0.25) is 0 Å². The number of alkyl halides is 3. The third-order valence-electron chi connectivity index (χ3n) is 3.14. The highest BCUT2D eigenvalue weighted by molar-refractivity contribution is 5.55. The Morgan fingerprint density at radius 1 is 1.23 bits per heavy atom. The fourth-order valence-electron chi connectivity index (χ4n) is 2.02. The summed E-state index contributed by atoms with van der Waals surface area (Å²) in [4.78, 5) is 19.3. The van der Waals surface area contributed by atoms with Crippen LogP contribution in [-0.4, -0.2) is 37.7 Å². The van der Waals surface area contributed by atoms with Gasteiger partial charge in [-0.3, -0.25) is 4.79 Å². The maximum Gasteiger partial charge on any atom is 0.422 e. The third kappa shape index (κ3) is 4.43. The molecule has 8 nitrogen and oxygen atoms in total. The Balaban J connectivity index is 1.78. The van der Waals surface area contributed by atoms with Crippen molar-refractivity contribution in [2.24, 2.45) is 0 Å². The maximum absolute atomic E-state index is 12.1. The van der Waals surface area contributed by atoms with Gasteiger partial charge in [-0.1, -0.05) is 5.16 Å². The van der Waals surface area contributed by atoms with Gasteiger partial charge in [0, 0.05) is 30.1 Å². The quantitative estimate of drug-likeness (QED) is 0.680. The van der Waals surface area contributed by atoms with Crippen LogP contribution in [0.25, 0.3) is 11.3 Å².